The van der Waals surface area contributed by atoms with E-state index in [-0.39, 0.29) is 11.5 Å². The first kappa shape index (κ1) is 14.0. The minimum absolute atomic E-state index is 0.0184. The topological polar surface area (TPSA) is 65.1 Å². The van der Waals surface area contributed by atoms with E-state index in [2.05, 4.69) is 38.2 Å². The van der Waals surface area contributed by atoms with Crippen LogP contribution in [0.3, 0.4) is 0 Å². The Morgan fingerprint density at radius 1 is 1.53 bits per heavy atom. The van der Waals surface area contributed by atoms with Crippen LogP contribution in [0, 0.1) is 5.41 Å². The molecule has 0 aliphatic rings. The monoisotopic (exact) mass is 240 g/mol. The first-order chi connectivity index (χ1) is 8.01. The quantitative estimate of drug-likeness (QED) is 0.588. The predicted octanol–water partition coefficient (Wildman–Crippen LogP) is 1.85. The Kier molecular flexibility index (Phi) is 4.54. The minimum atomic E-state index is 0.0184. The van der Waals surface area contributed by atoms with E-state index in [1.165, 1.54) is 0 Å². The first-order valence-corrected chi connectivity index (χ1v) is 6.07. The van der Waals surface area contributed by atoms with Gasteiger partial charge in [0.25, 0.3) is 0 Å². The summed E-state index contributed by atoms with van der Waals surface area (Å²) in [6.45, 7) is 9.39. The molecule has 0 amide bonds. The molecule has 0 radical (unpaired) electrons. The van der Waals surface area contributed by atoms with Gasteiger partial charge in [0.15, 0.2) is 5.75 Å². The lowest BCUT2D eigenvalue weighted by Gasteiger charge is -2.33. The van der Waals surface area contributed by atoms with Crippen LogP contribution in [0.25, 0.3) is 0 Å². The number of hydrazine groups is 1. The van der Waals surface area contributed by atoms with Crippen molar-refractivity contribution in [2.75, 3.05) is 7.11 Å². The number of aromatic nitrogens is 2. The second kappa shape index (κ2) is 5.51. The Hall–Kier alpha value is -1.07. The van der Waals surface area contributed by atoms with Gasteiger partial charge < -0.3 is 4.74 Å². The summed E-state index contributed by atoms with van der Waals surface area (Å²) in [5.74, 6) is 6.51. The molecular weight excluding hydrogens is 216 g/mol. The number of nitrogens with two attached hydrogens (primary N) is 1. The standard InChI is InChI=1S/C12H24N4O/c1-6-12(3,4)11(15-13)10-9(17-5)8-14-16(10)7-2/h8,11,15H,6-7,13H2,1-5H3. The molecule has 0 fully saturated rings. The van der Waals surface area contributed by atoms with Crippen molar-refractivity contribution in [1.82, 2.24) is 15.2 Å². The maximum atomic E-state index is 5.73. The van der Waals surface area contributed by atoms with E-state index < -0.39 is 0 Å². The predicted molar refractivity (Wildman–Crippen MR) is 68.6 cm³/mol. The van der Waals surface area contributed by atoms with E-state index >= 15 is 0 Å². The Bertz CT molecular complexity index is 338. The van der Waals surface area contributed by atoms with Gasteiger partial charge in [-0.3, -0.25) is 16.0 Å². The van der Waals surface area contributed by atoms with Crippen LogP contribution in [0.5, 0.6) is 5.75 Å². The summed E-state index contributed by atoms with van der Waals surface area (Å²) in [5.41, 5.74) is 3.96. The molecule has 1 rings (SSSR count). The summed E-state index contributed by atoms with van der Waals surface area (Å²) in [6, 6.07) is 0.0184. The zero-order chi connectivity index (χ0) is 13.1. The van der Waals surface area contributed by atoms with Crippen molar-refractivity contribution in [3.8, 4) is 5.75 Å². The molecule has 98 valence electrons. The Labute approximate surface area is 103 Å². The number of hydrogen-bond donors (Lipinski definition) is 2. The van der Waals surface area contributed by atoms with Gasteiger partial charge in [-0.2, -0.15) is 5.10 Å². The summed E-state index contributed by atoms with van der Waals surface area (Å²) >= 11 is 0. The third kappa shape index (κ3) is 2.61. The minimum Gasteiger partial charge on any atom is -0.493 e. The second-order valence-corrected chi connectivity index (χ2v) is 4.86. The fourth-order valence-corrected chi connectivity index (χ4v) is 1.96. The van der Waals surface area contributed by atoms with E-state index in [1.807, 2.05) is 4.68 Å². The molecule has 0 aromatic carbocycles. The van der Waals surface area contributed by atoms with Gasteiger partial charge in [0.1, 0.15) is 0 Å². The van der Waals surface area contributed by atoms with Crippen molar-refractivity contribution in [3.63, 3.8) is 0 Å². The lowest BCUT2D eigenvalue weighted by molar-refractivity contribution is 0.219. The maximum absolute atomic E-state index is 5.73. The third-order valence-electron chi connectivity index (χ3n) is 3.50. The van der Waals surface area contributed by atoms with E-state index in [0.717, 1.165) is 24.4 Å². The number of ether oxygens (including phenoxy) is 1. The lowest BCUT2D eigenvalue weighted by atomic mass is 9.80. The molecule has 0 bridgehead atoms. The number of aryl methyl sites for hydroxylation is 1. The molecular formula is C12H24N4O. The third-order valence-corrected chi connectivity index (χ3v) is 3.50. The zero-order valence-electron chi connectivity index (χ0n) is 11.4. The van der Waals surface area contributed by atoms with Crippen molar-refractivity contribution in [3.05, 3.63) is 11.9 Å². The normalized spacial score (nSPS) is 13.8. The highest BCUT2D eigenvalue weighted by molar-refractivity contribution is 5.29. The van der Waals surface area contributed by atoms with Crippen LogP contribution < -0.4 is 16.0 Å². The molecule has 5 nitrogen and oxygen atoms in total. The average molecular weight is 240 g/mol. The van der Waals surface area contributed by atoms with Crippen LogP contribution in [-0.2, 0) is 6.54 Å². The van der Waals surface area contributed by atoms with Crippen LogP contribution in [0.4, 0.5) is 0 Å². The van der Waals surface area contributed by atoms with Crippen molar-refractivity contribution >= 4 is 0 Å². The van der Waals surface area contributed by atoms with E-state index in [0.29, 0.717) is 0 Å². The SMILES string of the molecule is CCn1ncc(OC)c1C(NN)C(C)(C)CC. The number of nitrogens with one attached hydrogen (secondary N) is 1. The largest absolute Gasteiger partial charge is 0.493 e. The molecule has 0 saturated carbocycles. The number of hydrogen-bond acceptors (Lipinski definition) is 4. The summed E-state index contributed by atoms with van der Waals surface area (Å²) in [7, 11) is 1.66. The van der Waals surface area contributed by atoms with Crippen molar-refractivity contribution in [1.29, 1.82) is 0 Å². The highest BCUT2D eigenvalue weighted by Gasteiger charge is 2.33. The molecule has 1 unspecified atom stereocenters. The average Bonchev–Trinajstić information content (AvgIpc) is 2.72. The van der Waals surface area contributed by atoms with E-state index in [4.69, 9.17) is 10.6 Å². The summed E-state index contributed by atoms with van der Waals surface area (Å²) in [6.07, 6.45) is 2.76. The van der Waals surface area contributed by atoms with Gasteiger partial charge in [0.05, 0.1) is 25.0 Å². The fourth-order valence-electron chi connectivity index (χ4n) is 1.96. The Morgan fingerprint density at radius 2 is 2.18 bits per heavy atom. The number of nitrogens with zero attached hydrogens (tertiary/aromatic N) is 2. The number of rotatable bonds is 6. The highest BCUT2D eigenvalue weighted by atomic mass is 16.5. The summed E-state index contributed by atoms with van der Waals surface area (Å²) < 4.78 is 7.30. The Morgan fingerprint density at radius 3 is 2.59 bits per heavy atom. The zero-order valence-corrected chi connectivity index (χ0v) is 11.4. The highest BCUT2D eigenvalue weighted by Crippen LogP contribution is 2.39. The summed E-state index contributed by atoms with van der Waals surface area (Å²) in [5, 5.41) is 4.32. The van der Waals surface area contributed by atoms with Gasteiger partial charge in [-0.05, 0) is 18.8 Å². The lowest BCUT2D eigenvalue weighted by Crippen LogP contribution is -2.39. The molecule has 0 spiro atoms. The first-order valence-electron chi connectivity index (χ1n) is 6.07. The van der Waals surface area contributed by atoms with Gasteiger partial charge in [0.2, 0.25) is 0 Å². The van der Waals surface area contributed by atoms with Crippen LogP contribution in [0.2, 0.25) is 0 Å². The summed E-state index contributed by atoms with van der Waals surface area (Å²) in [4.78, 5) is 0. The molecule has 0 saturated heterocycles. The molecule has 5 heteroatoms. The molecule has 1 aromatic rings. The van der Waals surface area contributed by atoms with Crippen molar-refractivity contribution in [2.24, 2.45) is 11.3 Å². The van der Waals surface area contributed by atoms with Crippen LogP contribution in [-0.4, -0.2) is 16.9 Å². The van der Waals surface area contributed by atoms with Gasteiger partial charge in [-0.25, -0.2) is 0 Å². The van der Waals surface area contributed by atoms with E-state index in [9.17, 15) is 0 Å². The van der Waals surface area contributed by atoms with Crippen LogP contribution in [0.1, 0.15) is 45.9 Å². The molecule has 1 aromatic heterocycles. The maximum Gasteiger partial charge on any atom is 0.161 e. The van der Waals surface area contributed by atoms with Gasteiger partial charge in [0, 0.05) is 6.54 Å². The molecule has 1 heterocycles. The Balaban J connectivity index is 3.23. The van der Waals surface area contributed by atoms with E-state index in [1.54, 1.807) is 13.3 Å². The van der Waals surface area contributed by atoms with Gasteiger partial charge >= 0.3 is 0 Å². The van der Waals surface area contributed by atoms with Crippen LogP contribution in [0.15, 0.2) is 6.20 Å². The van der Waals surface area contributed by atoms with Gasteiger partial charge in [-0.1, -0.05) is 20.8 Å². The fraction of sp³-hybridized carbons (Fsp3) is 0.750. The van der Waals surface area contributed by atoms with Crippen molar-refractivity contribution in [2.45, 2.75) is 46.7 Å². The van der Waals surface area contributed by atoms with Crippen molar-refractivity contribution < 1.29 is 4.74 Å². The molecule has 17 heavy (non-hydrogen) atoms. The second-order valence-electron chi connectivity index (χ2n) is 4.86. The molecule has 0 aliphatic heterocycles. The van der Waals surface area contributed by atoms with Gasteiger partial charge in [-0.15, -0.1) is 0 Å². The molecule has 3 N–H and O–H groups in total. The van der Waals surface area contributed by atoms with Crippen LogP contribution >= 0.6 is 0 Å². The smallest absolute Gasteiger partial charge is 0.161 e. The molecule has 1 atom stereocenters. The molecule has 0 aliphatic carbocycles. The number of methoxy groups -OCH3 is 1.